The Bertz CT molecular complexity index is 1080. The lowest BCUT2D eigenvalue weighted by Gasteiger charge is -2.38. The van der Waals surface area contributed by atoms with E-state index in [2.05, 4.69) is 22.4 Å². The number of carbonyl (C=O) groups is 2. The maximum atomic E-state index is 13.2. The first-order valence-electron chi connectivity index (χ1n) is 11.5. The van der Waals surface area contributed by atoms with Crippen molar-refractivity contribution >= 4 is 34.5 Å². The Morgan fingerprint density at radius 1 is 0.939 bits per heavy atom. The summed E-state index contributed by atoms with van der Waals surface area (Å²) in [5, 5.41) is 5.12. The molecule has 2 aliphatic heterocycles. The van der Waals surface area contributed by atoms with Crippen LogP contribution in [0.5, 0.6) is 0 Å². The molecule has 1 aromatic carbocycles. The lowest BCUT2D eigenvalue weighted by molar-refractivity contribution is -0.138. The fraction of sp³-hybridized carbons (Fsp3) is 0.400. The molecule has 0 bridgehead atoms. The van der Waals surface area contributed by atoms with Gasteiger partial charge in [-0.05, 0) is 24.3 Å². The van der Waals surface area contributed by atoms with Gasteiger partial charge in [-0.3, -0.25) is 14.5 Å². The number of benzene rings is 1. The van der Waals surface area contributed by atoms with Gasteiger partial charge in [-0.15, -0.1) is 22.7 Å². The van der Waals surface area contributed by atoms with E-state index in [-0.39, 0.29) is 17.7 Å². The topological polar surface area (TPSA) is 56.8 Å². The molecule has 4 heterocycles. The zero-order valence-corrected chi connectivity index (χ0v) is 20.2. The molecule has 2 saturated heterocycles. The Kier molecular flexibility index (Phi) is 6.85. The molecule has 33 heavy (non-hydrogen) atoms. The molecule has 1 atom stereocenters. The van der Waals surface area contributed by atoms with E-state index in [0.717, 1.165) is 73.3 Å². The Hall–Kier alpha value is -2.55. The highest BCUT2D eigenvalue weighted by Crippen LogP contribution is 2.25. The highest BCUT2D eigenvalue weighted by molar-refractivity contribution is 7.13. The van der Waals surface area contributed by atoms with E-state index in [0.29, 0.717) is 6.54 Å². The standard InChI is InChI=1S/C25H28N4O2S2/c30-24(20-8-4-10-29(16-20)25(31)22-9-5-15-32-22)28-13-11-27(12-14-28)17-21-18-33-23(26-21)19-6-2-1-3-7-19/h1-3,5-7,9,15,18,20H,4,8,10-14,16-17H2. The zero-order chi connectivity index (χ0) is 22.6. The monoisotopic (exact) mass is 480 g/mol. The summed E-state index contributed by atoms with van der Waals surface area (Å²) in [4.78, 5) is 37.7. The van der Waals surface area contributed by atoms with E-state index in [9.17, 15) is 9.59 Å². The number of hydrogen-bond acceptors (Lipinski definition) is 6. The van der Waals surface area contributed by atoms with Crippen LogP contribution in [0.25, 0.3) is 10.6 Å². The van der Waals surface area contributed by atoms with E-state index in [1.165, 1.54) is 11.3 Å². The van der Waals surface area contributed by atoms with Gasteiger partial charge in [0.15, 0.2) is 0 Å². The van der Waals surface area contributed by atoms with Gasteiger partial charge < -0.3 is 9.80 Å². The number of nitrogens with zero attached hydrogens (tertiary/aromatic N) is 4. The molecule has 0 radical (unpaired) electrons. The van der Waals surface area contributed by atoms with Crippen molar-refractivity contribution < 1.29 is 9.59 Å². The van der Waals surface area contributed by atoms with Gasteiger partial charge >= 0.3 is 0 Å². The summed E-state index contributed by atoms with van der Waals surface area (Å²) in [6.07, 6.45) is 1.76. The summed E-state index contributed by atoms with van der Waals surface area (Å²) in [5.41, 5.74) is 2.25. The first-order valence-corrected chi connectivity index (χ1v) is 13.3. The second-order valence-electron chi connectivity index (χ2n) is 8.68. The molecule has 172 valence electrons. The predicted octanol–water partition coefficient (Wildman–Crippen LogP) is 4.07. The van der Waals surface area contributed by atoms with Gasteiger partial charge in [-0.25, -0.2) is 4.98 Å². The quantitative estimate of drug-likeness (QED) is 0.553. The molecule has 0 N–H and O–H groups in total. The van der Waals surface area contributed by atoms with Crippen LogP contribution in [-0.2, 0) is 11.3 Å². The number of thiophene rings is 1. The van der Waals surface area contributed by atoms with Crippen molar-refractivity contribution in [3.05, 3.63) is 63.8 Å². The van der Waals surface area contributed by atoms with Gasteiger partial charge in [0.1, 0.15) is 5.01 Å². The lowest BCUT2D eigenvalue weighted by Crippen LogP contribution is -2.52. The van der Waals surface area contributed by atoms with Crippen molar-refractivity contribution in [3.8, 4) is 10.6 Å². The van der Waals surface area contributed by atoms with Crippen molar-refractivity contribution in [3.63, 3.8) is 0 Å². The first-order chi connectivity index (χ1) is 16.2. The van der Waals surface area contributed by atoms with Crippen molar-refractivity contribution in [2.75, 3.05) is 39.3 Å². The summed E-state index contributed by atoms with van der Waals surface area (Å²) < 4.78 is 0. The van der Waals surface area contributed by atoms with E-state index >= 15 is 0 Å². The molecular weight excluding hydrogens is 452 g/mol. The summed E-state index contributed by atoms with van der Waals surface area (Å²) in [5.74, 6) is 0.185. The van der Waals surface area contributed by atoms with Crippen LogP contribution in [-0.4, -0.2) is 70.8 Å². The molecule has 1 unspecified atom stereocenters. The molecule has 2 aliphatic rings. The molecule has 2 aromatic heterocycles. The fourth-order valence-electron chi connectivity index (χ4n) is 4.63. The van der Waals surface area contributed by atoms with Crippen molar-refractivity contribution in [2.24, 2.45) is 5.92 Å². The molecule has 2 amide bonds. The Balaban J connectivity index is 1.12. The van der Waals surface area contributed by atoms with Gasteiger partial charge in [-0.2, -0.15) is 0 Å². The van der Waals surface area contributed by atoms with Crippen LogP contribution < -0.4 is 0 Å². The van der Waals surface area contributed by atoms with Crippen molar-refractivity contribution in [2.45, 2.75) is 19.4 Å². The highest BCUT2D eigenvalue weighted by Gasteiger charge is 2.33. The maximum Gasteiger partial charge on any atom is 0.263 e. The molecule has 0 spiro atoms. The van der Waals surface area contributed by atoms with Crippen LogP contribution in [0.4, 0.5) is 0 Å². The van der Waals surface area contributed by atoms with Crippen LogP contribution in [0.3, 0.4) is 0 Å². The van der Waals surface area contributed by atoms with Crippen LogP contribution >= 0.6 is 22.7 Å². The number of hydrogen-bond donors (Lipinski definition) is 0. The molecule has 0 aliphatic carbocycles. The molecule has 5 rings (SSSR count). The van der Waals surface area contributed by atoms with Gasteiger partial charge in [-0.1, -0.05) is 36.4 Å². The Labute approximate surface area is 202 Å². The average Bonchev–Trinajstić information content (AvgIpc) is 3.57. The normalized spacial score (nSPS) is 19.6. The van der Waals surface area contributed by atoms with Crippen LogP contribution in [0.1, 0.15) is 28.2 Å². The molecular formula is C25H28N4O2S2. The van der Waals surface area contributed by atoms with Crippen molar-refractivity contribution in [1.82, 2.24) is 19.7 Å². The Morgan fingerprint density at radius 3 is 2.52 bits per heavy atom. The van der Waals surface area contributed by atoms with E-state index in [4.69, 9.17) is 4.98 Å². The smallest absolute Gasteiger partial charge is 0.263 e. The molecule has 3 aromatic rings. The number of amides is 2. The van der Waals surface area contributed by atoms with E-state index in [1.807, 2.05) is 45.5 Å². The number of thiazole rings is 1. The number of piperazine rings is 1. The average molecular weight is 481 g/mol. The minimum Gasteiger partial charge on any atom is -0.340 e. The minimum absolute atomic E-state index is 0.0606. The SMILES string of the molecule is O=C(c1cccs1)N1CCCC(C(=O)N2CCN(Cc3csc(-c4ccccc4)n3)CC2)C1. The molecule has 0 saturated carbocycles. The summed E-state index contributed by atoms with van der Waals surface area (Å²) in [6.45, 7) is 5.29. The number of piperidine rings is 1. The number of rotatable bonds is 5. The van der Waals surface area contributed by atoms with E-state index < -0.39 is 0 Å². The second kappa shape index (κ2) is 10.2. The van der Waals surface area contributed by atoms with Crippen molar-refractivity contribution in [1.29, 1.82) is 0 Å². The van der Waals surface area contributed by atoms with Crippen LogP contribution in [0.15, 0.2) is 53.2 Å². The fourth-order valence-corrected chi connectivity index (χ4v) is 6.13. The minimum atomic E-state index is -0.0822. The van der Waals surface area contributed by atoms with E-state index in [1.54, 1.807) is 11.3 Å². The number of carbonyl (C=O) groups excluding carboxylic acids is 2. The number of aromatic nitrogens is 1. The van der Waals surface area contributed by atoms with Crippen LogP contribution in [0.2, 0.25) is 0 Å². The molecule has 2 fully saturated rings. The molecule has 8 heteroatoms. The first kappa shape index (κ1) is 22.3. The van der Waals surface area contributed by atoms with Gasteiger partial charge in [0, 0.05) is 56.8 Å². The third-order valence-electron chi connectivity index (χ3n) is 6.43. The summed E-state index contributed by atoms with van der Waals surface area (Å²) in [7, 11) is 0. The van der Waals surface area contributed by atoms with Crippen LogP contribution in [0, 0.1) is 5.92 Å². The third-order valence-corrected chi connectivity index (χ3v) is 8.23. The Morgan fingerprint density at radius 2 is 1.76 bits per heavy atom. The van der Waals surface area contributed by atoms with Gasteiger partial charge in [0.05, 0.1) is 16.5 Å². The third kappa shape index (κ3) is 5.18. The van der Waals surface area contributed by atoms with Gasteiger partial charge in [0.25, 0.3) is 5.91 Å². The highest BCUT2D eigenvalue weighted by atomic mass is 32.1. The zero-order valence-electron chi connectivity index (χ0n) is 18.6. The lowest BCUT2D eigenvalue weighted by atomic mass is 9.96. The summed E-state index contributed by atoms with van der Waals surface area (Å²) >= 11 is 3.15. The largest absolute Gasteiger partial charge is 0.340 e. The molecule has 6 nitrogen and oxygen atoms in total. The predicted molar refractivity (Wildman–Crippen MR) is 132 cm³/mol. The maximum absolute atomic E-state index is 13.2. The summed E-state index contributed by atoms with van der Waals surface area (Å²) in [6, 6.07) is 14.0. The number of likely N-dealkylation sites (tertiary alicyclic amines) is 1. The van der Waals surface area contributed by atoms with Gasteiger partial charge in [0.2, 0.25) is 5.91 Å². The second-order valence-corrected chi connectivity index (χ2v) is 10.5.